The summed E-state index contributed by atoms with van der Waals surface area (Å²) in [6, 6.07) is -0.0625. The van der Waals surface area contributed by atoms with Crippen molar-refractivity contribution in [1.29, 1.82) is 0 Å². The van der Waals surface area contributed by atoms with Crippen LogP contribution in [0.3, 0.4) is 0 Å². The van der Waals surface area contributed by atoms with Crippen LogP contribution in [0.1, 0.15) is 41.0 Å². The smallest absolute Gasteiger partial charge is 0.198 e. The van der Waals surface area contributed by atoms with Crippen LogP contribution in [0.25, 0.3) is 0 Å². The Morgan fingerprint density at radius 1 is 1.24 bits per heavy atom. The van der Waals surface area contributed by atoms with E-state index in [1.54, 1.807) is 0 Å². The first-order valence-corrected chi connectivity index (χ1v) is 8.58. The largest absolute Gasteiger partial charge is 0.279 e. The van der Waals surface area contributed by atoms with Crippen LogP contribution in [-0.4, -0.2) is 37.2 Å². The van der Waals surface area contributed by atoms with E-state index in [1.807, 2.05) is 34.6 Å². The van der Waals surface area contributed by atoms with Crippen molar-refractivity contribution in [2.45, 2.75) is 47.1 Å². The van der Waals surface area contributed by atoms with Crippen molar-refractivity contribution < 1.29 is 8.42 Å². The van der Waals surface area contributed by atoms with Crippen LogP contribution in [0.5, 0.6) is 0 Å². The molecule has 4 nitrogen and oxygen atoms in total. The Morgan fingerprint density at radius 3 is 2.00 bits per heavy atom. The van der Waals surface area contributed by atoms with Crippen molar-refractivity contribution in [3.63, 3.8) is 0 Å². The van der Waals surface area contributed by atoms with E-state index in [4.69, 9.17) is 0 Å². The molecule has 104 valence electrons. The van der Waals surface area contributed by atoms with Crippen LogP contribution in [0.15, 0.2) is 0 Å². The van der Waals surface area contributed by atoms with Gasteiger partial charge in [0.05, 0.1) is 0 Å². The second kappa shape index (κ2) is 7.07. The number of alkyl halides is 1. The Labute approximate surface area is 114 Å². The molecule has 1 unspecified atom stereocenters. The highest BCUT2D eigenvalue weighted by Gasteiger charge is 2.30. The maximum absolute atomic E-state index is 12.1. The van der Waals surface area contributed by atoms with Crippen molar-refractivity contribution in [2.75, 3.05) is 18.4 Å². The number of nitrogens with zero attached hydrogens (tertiary/aromatic N) is 1. The minimum atomic E-state index is -3.36. The fourth-order valence-corrected chi connectivity index (χ4v) is 3.71. The summed E-state index contributed by atoms with van der Waals surface area (Å²) in [6.45, 7) is 10.8. The Kier molecular flexibility index (Phi) is 7.21. The van der Waals surface area contributed by atoms with Gasteiger partial charge in [0.15, 0.2) is 0 Å². The Balaban J connectivity index is 4.87. The lowest BCUT2D eigenvalue weighted by Gasteiger charge is -2.32. The van der Waals surface area contributed by atoms with Crippen molar-refractivity contribution in [3.8, 4) is 0 Å². The maximum atomic E-state index is 12.1. The molecular weight excluding hydrogens is 304 g/mol. The summed E-state index contributed by atoms with van der Waals surface area (Å²) in [4.78, 5) is 0. The highest BCUT2D eigenvalue weighted by Crippen LogP contribution is 2.23. The molecule has 0 saturated heterocycles. The van der Waals surface area contributed by atoms with Gasteiger partial charge in [-0.3, -0.25) is 0 Å². The first-order valence-electron chi connectivity index (χ1n) is 6.02. The van der Waals surface area contributed by atoms with E-state index in [-0.39, 0.29) is 11.5 Å². The van der Waals surface area contributed by atoms with Crippen LogP contribution in [0, 0.1) is 5.41 Å². The summed E-state index contributed by atoms with van der Waals surface area (Å²) in [6.07, 6.45) is 0.782. The lowest BCUT2D eigenvalue weighted by Crippen LogP contribution is -2.50. The quantitative estimate of drug-likeness (QED) is 0.729. The van der Waals surface area contributed by atoms with E-state index in [1.165, 1.54) is 4.31 Å². The van der Waals surface area contributed by atoms with Crippen molar-refractivity contribution in [1.82, 2.24) is 9.03 Å². The lowest BCUT2D eigenvalue weighted by atomic mass is 9.86. The average molecular weight is 329 g/mol. The summed E-state index contributed by atoms with van der Waals surface area (Å²) in [5.41, 5.74) is -0.0893. The molecule has 0 aliphatic carbocycles. The second-order valence-corrected chi connectivity index (χ2v) is 7.60. The minimum absolute atomic E-state index is 0.0625. The van der Waals surface area contributed by atoms with Crippen LogP contribution in [0.4, 0.5) is 0 Å². The predicted octanol–water partition coefficient (Wildman–Crippen LogP) is 2.36. The highest BCUT2D eigenvalue weighted by atomic mass is 79.9. The molecule has 0 fully saturated rings. The zero-order valence-electron chi connectivity index (χ0n) is 11.5. The third-order valence-corrected chi connectivity index (χ3v) is 5.02. The zero-order chi connectivity index (χ0) is 13.7. The first-order chi connectivity index (χ1) is 7.69. The van der Waals surface area contributed by atoms with Gasteiger partial charge >= 0.3 is 0 Å². The van der Waals surface area contributed by atoms with Gasteiger partial charge in [0.25, 0.3) is 10.2 Å². The van der Waals surface area contributed by atoms with Crippen LogP contribution in [-0.2, 0) is 10.2 Å². The van der Waals surface area contributed by atoms with Crippen LogP contribution >= 0.6 is 15.9 Å². The molecule has 0 amide bonds. The molecule has 0 aromatic carbocycles. The van der Waals surface area contributed by atoms with Gasteiger partial charge < -0.3 is 0 Å². The van der Waals surface area contributed by atoms with Crippen molar-refractivity contribution in [3.05, 3.63) is 0 Å². The van der Waals surface area contributed by atoms with Gasteiger partial charge in [0.2, 0.25) is 0 Å². The molecule has 17 heavy (non-hydrogen) atoms. The van der Waals surface area contributed by atoms with Gasteiger partial charge in [-0.2, -0.15) is 17.4 Å². The minimum Gasteiger partial charge on any atom is -0.198 e. The standard InChI is InChI=1S/C11H25BrN2O2S/c1-6-14(7-2)17(15,16)13-10(8-9-12)11(3,4)5/h10,13H,6-9H2,1-5H3. The number of nitrogens with one attached hydrogen (secondary N) is 1. The molecule has 0 saturated carbocycles. The average Bonchev–Trinajstić information content (AvgIpc) is 2.16. The van der Waals surface area contributed by atoms with E-state index in [2.05, 4.69) is 20.7 Å². The van der Waals surface area contributed by atoms with Gasteiger partial charge in [-0.25, -0.2) is 0 Å². The molecule has 0 rings (SSSR count). The van der Waals surface area contributed by atoms with E-state index in [0.29, 0.717) is 13.1 Å². The molecule has 0 aromatic heterocycles. The Morgan fingerprint density at radius 2 is 1.71 bits per heavy atom. The molecule has 1 N–H and O–H groups in total. The number of rotatable bonds is 7. The van der Waals surface area contributed by atoms with Gasteiger partial charge in [0, 0.05) is 24.5 Å². The van der Waals surface area contributed by atoms with E-state index in [0.717, 1.165) is 11.8 Å². The molecule has 0 heterocycles. The van der Waals surface area contributed by atoms with E-state index in [9.17, 15) is 8.42 Å². The summed E-state index contributed by atoms with van der Waals surface area (Å²) >= 11 is 3.37. The maximum Gasteiger partial charge on any atom is 0.279 e. The second-order valence-electron chi connectivity index (χ2n) is 5.10. The van der Waals surface area contributed by atoms with Crippen LogP contribution in [0.2, 0.25) is 0 Å². The molecular formula is C11H25BrN2O2S. The highest BCUT2D eigenvalue weighted by molar-refractivity contribution is 9.09. The van der Waals surface area contributed by atoms with Gasteiger partial charge in [-0.15, -0.1) is 0 Å². The topological polar surface area (TPSA) is 49.4 Å². The molecule has 0 aromatic rings. The molecule has 0 spiro atoms. The number of halogens is 1. The first kappa shape index (κ1) is 17.4. The molecule has 0 bridgehead atoms. The summed E-state index contributed by atoms with van der Waals surface area (Å²) in [5.74, 6) is 0. The Hall–Kier alpha value is 0.350. The summed E-state index contributed by atoms with van der Waals surface area (Å²) in [5, 5.41) is 0.787. The summed E-state index contributed by atoms with van der Waals surface area (Å²) in [7, 11) is -3.36. The zero-order valence-corrected chi connectivity index (χ0v) is 13.9. The fraction of sp³-hybridized carbons (Fsp3) is 1.00. The number of hydrogen-bond donors (Lipinski definition) is 1. The third kappa shape index (κ3) is 5.68. The fourth-order valence-electron chi connectivity index (χ4n) is 1.60. The normalized spacial score (nSPS) is 15.2. The van der Waals surface area contributed by atoms with Gasteiger partial charge in [-0.05, 0) is 11.8 Å². The van der Waals surface area contributed by atoms with E-state index >= 15 is 0 Å². The van der Waals surface area contributed by atoms with Crippen molar-refractivity contribution >= 4 is 26.1 Å². The SMILES string of the molecule is CCN(CC)S(=O)(=O)NC(CCBr)C(C)(C)C. The molecule has 0 radical (unpaired) electrons. The van der Waals surface area contributed by atoms with E-state index < -0.39 is 10.2 Å². The van der Waals surface area contributed by atoms with Gasteiger partial charge in [-0.1, -0.05) is 50.5 Å². The predicted molar refractivity (Wildman–Crippen MR) is 76.6 cm³/mol. The molecule has 6 heteroatoms. The molecule has 0 aliphatic heterocycles. The van der Waals surface area contributed by atoms with Crippen molar-refractivity contribution in [2.24, 2.45) is 5.41 Å². The summed E-state index contributed by atoms with van der Waals surface area (Å²) < 4.78 is 28.5. The van der Waals surface area contributed by atoms with Gasteiger partial charge in [0.1, 0.15) is 0 Å². The molecule has 0 aliphatic rings. The third-order valence-electron chi connectivity index (χ3n) is 2.78. The number of hydrogen-bond acceptors (Lipinski definition) is 2. The Bertz CT molecular complexity index is 308. The molecule has 1 atom stereocenters. The lowest BCUT2D eigenvalue weighted by molar-refractivity contribution is 0.286. The van der Waals surface area contributed by atoms with Crippen LogP contribution < -0.4 is 4.72 Å². The monoisotopic (exact) mass is 328 g/mol.